The van der Waals surface area contributed by atoms with Crippen molar-refractivity contribution in [2.45, 2.75) is 39.2 Å². The Balaban J connectivity index is 0. The van der Waals surface area contributed by atoms with Crippen LogP contribution in [0.1, 0.15) is 33.6 Å². The minimum Gasteiger partial charge on any atom is -0.384 e. The summed E-state index contributed by atoms with van der Waals surface area (Å²) >= 11 is 0. The van der Waals surface area contributed by atoms with Gasteiger partial charge in [0.2, 0.25) is 0 Å². The van der Waals surface area contributed by atoms with Crippen LogP contribution in [-0.2, 0) is 0 Å². The molecule has 0 aliphatic carbocycles. The van der Waals surface area contributed by atoms with Crippen LogP contribution in [0, 0.1) is 49.4 Å². The smallest absolute Gasteiger partial charge is 0.0991 e. The summed E-state index contributed by atoms with van der Waals surface area (Å²) in [4.78, 5) is 3.95. The van der Waals surface area contributed by atoms with Crippen LogP contribution in [0.2, 0.25) is 0 Å². The maximum Gasteiger partial charge on any atom is 0.0991 e. The summed E-state index contributed by atoms with van der Waals surface area (Å²) in [5.74, 6) is 0. The van der Waals surface area contributed by atoms with E-state index in [2.05, 4.69) is 11.9 Å². The van der Waals surface area contributed by atoms with Crippen LogP contribution < -0.4 is 0 Å². The van der Waals surface area contributed by atoms with E-state index in [0.29, 0.717) is 0 Å². The summed E-state index contributed by atoms with van der Waals surface area (Å²) in [6.07, 6.45) is 1.77. The van der Waals surface area contributed by atoms with Gasteiger partial charge >= 0.3 is 0 Å². The quantitative estimate of drug-likeness (QED) is 0.789. The molecule has 0 saturated heterocycles. The average Bonchev–Trinajstić information content (AvgIpc) is 1.86. The minimum absolute atomic E-state index is 0. The Bertz CT molecular complexity index is 132. The molecule has 1 radical (unpaired) electrons. The van der Waals surface area contributed by atoms with E-state index >= 15 is 0 Å². The number of hydrogen-bond donors (Lipinski definition) is 1. The molecule has 0 aromatic rings. The molecule has 0 aromatic heterocycles. The van der Waals surface area contributed by atoms with E-state index in [1.54, 1.807) is 14.0 Å². The van der Waals surface area contributed by atoms with E-state index in [0.717, 1.165) is 18.6 Å². The second-order valence-corrected chi connectivity index (χ2v) is 2.83. The molecule has 0 aromatic carbocycles. The molecule has 0 aliphatic rings. The van der Waals surface area contributed by atoms with Gasteiger partial charge in [0.05, 0.1) is 5.60 Å². The van der Waals surface area contributed by atoms with Crippen LogP contribution in [0.15, 0.2) is 4.99 Å². The van der Waals surface area contributed by atoms with Crippen molar-refractivity contribution in [1.29, 1.82) is 0 Å². The van der Waals surface area contributed by atoms with E-state index in [1.165, 1.54) is 0 Å². The molecule has 11 heavy (non-hydrogen) atoms. The van der Waals surface area contributed by atoms with Gasteiger partial charge in [-0.15, -0.1) is 0 Å². The van der Waals surface area contributed by atoms with Crippen LogP contribution in [0.4, 0.5) is 0 Å². The van der Waals surface area contributed by atoms with Gasteiger partial charge in [-0.3, -0.25) is 4.99 Å². The van der Waals surface area contributed by atoms with E-state index in [9.17, 15) is 5.11 Å². The normalized spacial score (nSPS) is 17.0. The Hall–Kier alpha value is 1.21. The Morgan fingerprint density at radius 3 is 2.27 bits per heavy atom. The molecule has 0 heterocycles. The van der Waals surface area contributed by atoms with Crippen LogP contribution in [-0.4, -0.2) is 23.5 Å². The Morgan fingerprint density at radius 2 is 2.00 bits per heavy atom. The van der Waals surface area contributed by atoms with Gasteiger partial charge in [0.1, 0.15) is 0 Å². The molecular weight excluding hydrogens is 278 g/mol. The molecule has 1 N–H and O–H groups in total. The fourth-order valence-corrected chi connectivity index (χ4v) is 0.909. The van der Waals surface area contributed by atoms with Gasteiger partial charge in [0.15, 0.2) is 0 Å². The zero-order valence-corrected chi connectivity index (χ0v) is 10.1. The third-order valence-corrected chi connectivity index (χ3v) is 1.85. The monoisotopic (exact) mass is 296 g/mol. The first-order chi connectivity index (χ1) is 4.54. The van der Waals surface area contributed by atoms with Gasteiger partial charge in [-0.25, -0.2) is 0 Å². The van der Waals surface area contributed by atoms with Crippen molar-refractivity contribution in [1.82, 2.24) is 0 Å². The maximum atomic E-state index is 9.65. The Labute approximate surface area is 110 Å². The summed E-state index contributed by atoms with van der Waals surface area (Å²) in [6, 6.07) is 0. The van der Waals surface area contributed by atoms with Crippen molar-refractivity contribution in [2.24, 2.45) is 4.99 Å². The summed E-state index contributed by atoms with van der Waals surface area (Å²) in [5, 5.41) is 9.65. The summed E-state index contributed by atoms with van der Waals surface area (Å²) < 4.78 is 0. The SMILES string of the molecule is CCCC(C)(O)C(C)=NC.[Eu]. The van der Waals surface area contributed by atoms with Crippen molar-refractivity contribution >= 4 is 5.71 Å². The summed E-state index contributed by atoms with van der Waals surface area (Å²) in [6.45, 7) is 5.71. The van der Waals surface area contributed by atoms with Crippen molar-refractivity contribution in [3.8, 4) is 0 Å². The molecular formula is C8H17EuNO. The van der Waals surface area contributed by atoms with Crippen LogP contribution in [0.3, 0.4) is 0 Å². The van der Waals surface area contributed by atoms with Gasteiger partial charge < -0.3 is 5.11 Å². The number of hydrogen-bond acceptors (Lipinski definition) is 2. The minimum atomic E-state index is -0.691. The first kappa shape index (κ1) is 14.7. The molecule has 0 amide bonds. The largest absolute Gasteiger partial charge is 0.384 e. The number of aliphatic hydroxyl groups is 1. The molecule has 0 rings (SSSR count). The molecule has 0 bridgehead atoms. The third-order valence-electron chi connectivity index (χ3n) is 1.85. The first-order valence-electron chi connectivity index (χ1n) is 3.71. The van der Waals surface area contributed by atoms with Crippen molar-refractivity contribution < 1.29 is 54.5 Å². The fraction of sp³-hybridized carbons (Fsp3) is 0.875. The van der Waals surface area contributed by atoms with Crippen LogP contribution in [0.25, 0.3) is 0 Å². The Morgan fingerprint density at radius 1 is 1.55 bits per heavy atom. The van der Waals surface area contributed by atoms with E-state index in [-0.39, 0.29) is 49.4 Å². The Kier molecular flexibility index (Phi) is 8.97. The summed E-state index contributed by atoms with van der Waals surface area (Å²) in [5.41, 5.74) is 0.123. The second kappa shape index (κ2) is 6.70. The molecule has 0 saturated carbocycles. The van der Waals surface area contributed by atoms with Gasteiger partial charge in [-0.1, -0.05) is 13.3 Å². The second-order valence-electron chi connectivity index (χ2n) is 2.83. The third kappa shape index (κ3) is 5.45. The van der Waals surface area contributed by atoms with Crippen molar-refractivity contribution in [3.63, 3.8) is 0 Å². The van der Waals surface area contributed by atoms with Crippen molar-refractivity contribution in [3.05, 3.63) is 0 Å². The van der Waals surface area contributed by atoms with Crippen LogP contribution in [0.5, 0.6) is 0 Å². The standard InChI is InChI=1S/C8H17NO.Eu/c1-5-6-8(3,10)7(2)9-4;/h10H,5-6H2,1-4H3;. The molecule has 0 aliphatic heterocycles. The average molecular weight is 295 g/mol. The number of aliphatic imine (C=N–C) groups is 1. The van der Waals surface area contributed by atoms with Gasteiger partial charge in [0.25, 0.3) is 0 Å². The topological polar surface area (TPSA) is 32.6 Å². The molecule has 2 nitrogen and oxygen atoms in total. The maximum absolute atomic E-state index is 9.65. The van der Waals surface area contributed by atoms with Crippen molar-refractivity contribution in [2.75, 3.05) is 7.05 Å². The van der Waals surface area contributed by atoms with Gasteiger partial charge in [-0.05, 0) is 20.3 Å². The molecule has 3 heteroatoms. The summed E-state index contributed by atoms with van der Waals surface area (Å²) in [7, 11) is 1.71. The molecule has 1 atom stereocenters. The van der Waals surface area contributed by atoms with E-state index in [4.69, 9.17) is 0 Å². The van der Waals surface area contributed by atoms with Crippen LogP contribution >= 0.6 is 0 Å². The first-order valence-corrected chi connectivity index (χ1v) is 3.71. The predicted octanol–water partition coefficient (Wildman–Crippen LogP) is 1.63. The molecule has 0 spiro atoms. The molecule has 1 unspecified atom stereocenters. The van der Waals surface area contributed by atoms with E-state index in [1.807, 2.05) is 6.92 Å². The number of rotatable bonds is 3. The predicted molar refractivity (Wildman–Crippen MR) is 44.6 cm³/mol. The fourth-order valence-electron chi connectivity index (χ4n) is 0.909. The zero-order valence-electron chi connectivity index (χ0n) is 7.69. The number of nitrogens with zero attached hydrogens (tertiary/aromatic N) is 1. The molecule has 67 valence electrons. The van der Waals surface area contributed by atoms with Gasteiger partial charge in [-0.2, -0.15) is 0 Å². The van der Waals surface area contributed by atoms with E-state index < -0.39 is 5.60 Å². The molecule has 0 fully saturated rings. The zero-order chi connectivity index (χ0) is 8.20. The van der Waals surface area contributed by atoms with Gasteiger partial charge in [0, 0.05) is 62.1 Å².